The van der Waals surface area contributed by atoms with E-state index in [0.717, 1.165) is 22.1 Å². The fourth-order valence-electron chi connectivity index (χ4n) is 2.02. The highest BCUT2D eigenvalue weighted by Crippen LogP contribution is 2.35. The largest absolute Gasteiger partial charge is 0.397 e. The first-order valence-corrected chi connectivity index (χ1v) is 7.68. The van der Waals surface area contributed by atoms with E-state index in [1.54, 1.807) is 0 Å². The number of anilines is 1. The normalized spacial score (nSPS) is 10.6. The molecule has 0 bridgehead atoms. The molecule has 1 aromatic carbocycles. The lowest BCUT2D eigenvalue weighted by molar-refractivity contribution is -0.120. The Hall–Kier alpha value is -2.08. The number of nitrogens with one attached hydrogen (secondary N) is 2. The summed E-state index contributed by atoms with van der Waals surface area (Å²) in [5.74, 6) is -0.499. The molecule has 2 amide bonds. The van der Waals surface area contributed by atoms with Crippen molar-refractivity contribution in [1.82, 2.24) is 10.6 Å². The zero-order chi connectivity index (χ0) is 15.4. The molecule has 0 aliphatic carbocycles. The fraction of sp³-hybridized carbons (Fsp3) is 0.333. The molecule has 0 radical (unpaired) electrons. The number of aryl methyl sites for hydroxylation is 1. The third kappa shape index (κ3) is 3.33. The summed E-state index contributed by atoms with van der Waals surface area (Å²) in [6.07, 6.45) is 0.863. The van der Waals surface area contributed by atoms with E-state index < -0.39 is 0 Å². The van der Waals surface area contributed by atoms with Gasteiger partial charge < -0.3 is 16.4 Å². The van der Waals surface area contributed by atoms with Gasteiger partial charge in [-0.1, -0.05) is 25.1 Å². The summed E-state index contributed by atoms with van der Waals surface area (Å²) in [6.45, 7) is 4.53. The lowest BCUT2D eigenvalue weighted by Gasteiger charge is -2.05. The van der Waals surface area contributed by atoms with E-state index in [0.29, 0.717) is 17.1 Å². The molecule has 0 saturated carbocycles. The standard InChI is InChI=1S/C15H19N3O2S/c1-3-7-17-11(19)8-18-15(20)14-12(16)10-6-4-5-9(2)13(10)21-14/h4-6H,3,7-8,16H2,1-2H3,(H,17,19)(H,18,20). The molecule has 6 heteroatoms. The van der Waals surface area contributed by atoms with Crippen molar-refractivity contribution >= 4 is 38.9 Å². The van der Waals surface area contributed by atoms with Gasteiger partial charge in [-0.25, -0.2) is 0 Å². The van der Waals surface area contributed by atoms with Gasteiger partial charge in [-0.2, -0.15) is 0 Å². The average molecular weight is 305 g/mol. The van der Waals surface area contributed by atoms with E-state index in [-0.39, 0.29) is 18.4 Å². The van der Waals surface area contributed by atoms with Crippen LogP contribution in [0.3, 0.4) is 0 Å². The maximum atomic E-state index is 12.2. The summed E-state index contributed by atoms with van der Waals surface area (Å²) >= 11 is 1.36. The van der Waals surface area contributed by atoms with Gasteiger partial charge in [0.25, 0.3) is 5.91 Å². The Bertz CT molecular complexity index is 679. The van der Waals surface area contributed by atoms with Crippen molar-refractivity contribution < 1.29 is 9.59 Å². The molecule has 112 valence electrons. The van der Waals surface area contributed by atoms with Gasteiger partial charge in [-0.15, -0.1) is 11.3 Å². The molecule has 0 unspecified atom stereocenters. The van der Waals surface area contributed by atoms with E-state index >= 15 is 0 Å². The molecular weight excluding hydrogens is 286 g/mol. The molecule has 0 spiro atoms. The maximum absolute atomic E-state index is 12.2. The van der Waals surface area contributed by atoms with Gasteiger partial charge in [-0.3, -0.25) is 9.59 Å². The summed E-state index contributed by atoms with van der Waals surface area (Å²) in [5, 5.41) is 6.21. The monoisotopic (exact) mass is 305 g/mol. The Morgan fingerprint density at radius 3 is 2.71 bits per heavy atom. The zero-order valence-corrected chi connectivity index (χ0v) is 13.0. The summed E-state index contributed by atoms with van der Waals surface area (Å²) in [6, 6.07) is 5.80. The minimum absolute atomic E-state index is 0.0362. The molecule has 2 rings (SSSR count). The van der Waals surface area contributed by atoms with Gasteiger partial charge in [-0.05, 0) is 18.9 Å². The number of nitrogen functional groups attached to an aromatic ring is 1. The highest BCUT2D eigenvalue weighted by Gasteiger charge is 2.17. The van der Waals surface area contributed by atoms with Crippen molar-refractivity contribution in [1.29, 1.82) is 0 Å². The van der Waals surface area contributed by atoms with Crippen molar-refractivity contribution in [3.8, 4) is 0 Å². The molecule has 4 N–H and O–H groups in total. The van der Waals surface area contributed by atoms with Crippen molar-refractivity contribution in [2.45, 2.75) is 20.3 Å². The van der Waals surface area contributed by atoms with E-state index in [4.69, 9.17) is 5.73 Å². The third-order valence-electron chi connectivity index (χ3n) is 3.14. The van der Waals surface area contributed by atoms with Crippen molar-refractivity contribution in [2.24, 2.45) is 0 Å². The second-order valence-corrected chi connectivity index (χ2v) is 5.85. The highest BCUT2D eigenvalue weighted by molar-refractivity contribution is 7.21. The van der Waals surface area contributed by atoms with Crippen LogP contribution >= 0.6 is 11.3 Å². The Labute approximate surface area is 127 Å². The predicted octanol–water partition coefficient (Wildman–Crippen LogP) is 2.05. The summed E-state index contributed by atoms with van der Waals surface area (Å²) in [7, 11) is 0. The lowest BCUT2D eigenvalue weighted by Crippen LogP contribution is -2.37. The molecule has 0 atom stereocenters. The van der Waals surface area contributed by atoms with Gasteiger partial charge in [0.2, 0.25) is 5.91 Å². The van der Waals surface area contributed by atoms with Crippen LogP contribution in [0.4, 0.5) is 5.69 Å². The summed E-state index contributed by atoms with van der Waals surface area (Å²) < 4.78 is 1.01. The van der Waals surface area contributed by atoms with Crippen LogP contribution in [0.15, 0.2) is 18.2 Å². The smallest absolute Gasteiger partial charge is 0.263 e. The number of fused-ring (bicyclic) bond motifs is 1. The first-order chi connectivity index (χ1) is 10.0. The van der Waals surface area contributed by atoms with Crippen LogP contribution < -0.4 is 16.4 Å². The number of carbonyl (C=O) groups is 2. The molecular formula is C15H19N3O2S. The molecule has 5 nitrogen and oxygen atoms in total. The zero-order valence-electron chi connectivity index (χ0n) is 12.2. The Kier molecular flexibility index (Phi) is 4.80. The van der Waals surface area contributed by atoms with Crippen LogP contribution in [0.5, 0.6) is 0 Å². The lowest BCUT2D eigenvalue weighted by atomic mass is 10.1. The molecule has 0 saturated heterocycles. The van der Waals surface area contributed by atoms with Gasteiger partial charge in [0, 0.05) is 16.6 Å². The number of hydrogen-bond donors (Lipinski definition) is 3. The Morgan fingerprint density at radius 1 is 1.29 bits per heavy atom. The van der Waals surface area contributed by atoms with Gasteiger partial charge in [0.05, 0.1) is 12.2 Å². The summed E-state index contributed by atoms with van der Waals surface area (Å²) in [4.78, 5) is 24.1. The molecule has 0 fully saturated rings. The first-order valence-electron chi connectivity index (χ1n) is 6.87. The fourth-order valence-corrected chi connectivity index (χ4v) is 3.12. The number of carbonyl (C=O) groups excluding carboxylic acids is 2. The first kappa shape index (κ1) is 15.3. The molecule has 2 aromatic rings. The number of rotatable bonds is 5. The molecule has 1 aromatic heterocycles. The van der Waals surface area contributed by atoms with Crippen LogP contribution in [-0.4, -0.2) is 24.9 Å². The summed E-state index contributed by atoms with van der Waals surface area (Å²) in [5.41, 5.74) is 7.61. The van der Waals surface area contributed by atoms with Gasteiger partial charge >= 0.3 is 0 Å². The Balaban J connectivity index is 2.11. The second kappa shape index (κ2) is 6.58. The molecule has 1 heterocycles. The van der Waals surface area contributed by atoms with E-state index in [9.17, 15) is 9.59 Å². The number of thiophene rings is 1. The number of nitrogens with two attached hydrogens (primary N) is 1. The minimum atomic E-state index is -0.306. The van der Waals surface area contributed by atoms with Crippen LogP contribution in [0.1, 0.15) is 28.6 Å². The molecule has 0 aliphatic heterocycles. The molecule has 0 aliphatic rings. The maximum Gasteiger partial charge on any atom is 0.263 e. The van der Waals surface area contributed by atoms with E-state index in [1.165, 1.54) is 11.3 Å². The van der Waals surface area contributed by atoms with Crippen LogP contribution in [0.2, 0.25) is 0 Å². The number of amides is 2. The van der Waals surface area contributed by atoms with Gasteiger partial charge in [0.1, 0.15) is 4.88 Å². The molecule has 21 heavy (non-hydrogen) atoms. The van der Waals surface area contributed by atoms with Crippen LogP contribution in [-0.2, 0) is 4.79 Å². The van der Waals surface area contributed by atoms with Crippen molar-refractivity contribution in [3.63, 3.8) is 0 Å². The predicted molar refractivity (Wildman–Crippen MR) is 86.6 cm³/mol. The van der Waals surface area contributed by atoms with E-state index in [2.05, 4.69) is 10.6 Å². The van der Waals surface area contributed by atoms with Crippen molar-refractivity contribution in [2.75, 3.05) is 18.8 Å². The minimum Gasteiger partial charge on any atom is -0.397 e. The van der Waals surface area contributed by atoms with Crippen LogP contribution in [0.25, 0.3) is 10.1 Å². The van der Waals surface area contributed by atoms with Crippen LogP contribution in [0, 0.1) is 6.92 Å². The quantitative estimate of drug-likeness (QED) is 0.790. The van der Waals surface area contributed by atoms with Crippen molar-refractivity contribution in [3.05, 3.63) is 28.6 Å². The SMILES string of the molecule is CCCNC(=O)CNC(=O)c1sc2c(C)cccc2c1N. The average Bonchev–Trinajstić information content (AvgIpc) is 2.81. The number of hydrogen-bond acceptors (Lipinski definition) is 4. The second-order valence-electron chi connectivity index (χ2n) is 4.83. The third-order valence-corrected chi connectivity index (χ3v) is 4.49. The highest BCUT2D eigenvalue weighted by atomic mass is 32.1. The van der Waals surface area contributed by atoms with E-state index in [1.807, 2.05) is 32.0 Å². The Morgan fingerprint density at radius 2 is 2.05 bits per heavy atom. The number of benzene rings is 1. The topological polar surface area (TPSA) is 84.2 Å². The van der Waals surface area contributed by atoms with Gasteiger partial charge in [0.15, 0.2) is 0 Å².